The van der Waals surface area contributed by atoms with E-state index in [9.17, 15) is 9.59 Å². The van der Waals surface area contributed by atoms with Crippen molar-refractivity contribution in [2.24, 2.45) is 0 Å². The lowest BCUT2D eigenvalue weighted by Gasteiger charge is -2.13. The lowest BCUT2D eigenvalue weighted by Crippen LogP contribution is -2.27. The van der Waals surface area contributed by atoms with Crippen LogP contribution < -0.4 is 10.6 Å². The maximum Gasteiger partial charge on any atom is 0.335 e. The monoisotopic (exact) mass is 312 g/mol. The van der Waals surface area contributed by atoms with Crippen LogP contribution in [0.25, 0.3) is 0 Å². The summed E-state index contributed by atoms with van der Waals surface area (Å²) in [5, 5.41) is 6.30. The Morgan fingerprint density at radius 2 is 1.05 bits per heavy atom. The van der Waals surface area contributed by atoms with Gasteiger partial charge in [0.2, 0.25) is 0 Å². The Kier molecular flexibility index (Phi) is 9.74. The lowest BCUT2D eigenvalue weighted by atomic mass is 10.2. The fourth-order valence-corrected chi connectivity index (χ4v) is 1.55. The average molecular weight is 312 g/mol. The zero-order valence-corrected chi connectivity index (χ0v) is 14.5. The van der Waals surface area contributed by atoms with Crippen molar-refractivity contribution in [1.82, 2.24) is 10.6 Å². The summed E-state index contributed by atoms with van der Waals surface area (Å²) in [4.78, 5) is 23.1. The van der Waals surface area contributed by atoms with E-state index in [1.807, 2.05) is 13.8 Å². The smallest absolute Gasteiger partial charge is 0.335 e. The Bertz CT molecular complexity index is 411. The van der Waals surface area contributed by atoms with E-state index in [0.717, 1.165) is 11.4 Å². The number of nitrogens with one attached hydrogen (secondary N) is 2. The van der Waals surface area contributed by atoms with Crippen LogP contribution in [0.1, 0.15) is 41.5 Å². The number of carbonyl (C=O) groups excluding carboxylic acids is 2. The summed E-state index contributed by atoms with van der Waals surface area (Å²) < 4.78 is 9.88. The van der Waals surface area contributed by atoms with Gasteiger partial charge in [0.15, 0.2) is 0 Å². The minimum atomic E-state index is -0.310. The van der Waals surface area contributed by atoms with Crippen LogP contribution in [0.15, 0.2) is 22.5 Å². The van der Waals surface area contributed by atoms with Crippen LogP contribution in [-0.4, -0.2) is 38.2 Å². The van der Waals surface area contributed by atoms with Crippen LogP contribution in [0.5, 0.6) is 0 Å². The topological polar surface area (TPSA) is 76.7 Å². The van der Waals surface area contributed by atoms with E-state index in [4.69, 9.17) is 9.47 Å². The Balaban J connectivity index is 4.32. The Morgan fingerprint density at radius 3 is 1.32 bits per heavy atom. The fraction of sp³-hybridized carbons (Fsp3) is 0.625. The molecule has 6 heteroatoms. The van der Waals surface area contributed by atoms with Gasteiger partial charge in [-0.15, -0.1) is 0 Å². The van der Waals surface area contributed by atoms with E-state index in [2.05, 4.69) is 10.6 Å². The van der Waals surface area contributed by atoms with Crippen LogP contribution >= 0.6 is 0 Å². The molecule has 0 spiro atoms. The SMILES string of the molecule is CCOC(=O)C(C)=C(C)NCCNC(C)=C(C)C(=O)OCC. The van der Waals surface area contributed by atoms with Gasteiger partial charge >= 0.3 is 11.9 Å². The summed E-state index contributed by atoms with van der Waals surface area (Å²) in [7, 11) is 0. The molecule has 22 heavy (non-hydrogen) atoms. The molecule has 0 aromatic rings. The zero-order chi connectivity index (χ0) is 17.1. The molecule has 0 fully saturated rings. The zero-order valence-electron chi connectivity index (χ0n) is 14.5. The third-order valence-corrected chi connectivity index (χ3v) is 3.19. The highest BCUT2D eigenvalue weighted by Crippen LogP contribution is 2.03. The van der Waals surface area contributed by atoms with Gasteiger partial charge in [-0.05, 0) is 41.5 Å². The lowest BCUT2D eigenvalue weighted by molar-refractivity contribution is -0.139. The molecular formula is C16H28N2O4. The van der Waals surface area contributed by atoms with Crippen molar-refractivity contribution in [1.29, 1.82) is 0 Å². The first kappa shape index (κ1) is 20.0. The van der Waals surface area contributed by atoms with E-state index in [1.165, 1.54) is 0 Å². The highest BCUT2D eigenvalue weighted by molar-refractivity contribution is 5.88. The van der Waals surface area contributed by atoms with Gasteiger partial charge < -0.3 is 20.1 Å². The van der Waals surface area contributed by atoms with Crippen LogP contribution in [0.2, 0.25) is 0 Å². The van der Waals surface area contributed by atoms with Crippen molar-refractivity contribution in [3.8, 4) is 0 Å². The van der Waals surface area contributed by atoms with Gasteiger partial charge in [-0.25, -0.2) is 9.59 Å². The van der Waals surface area contributed by atoms with Crippen molar-refractivity contribution < 1.29 is 19.1 Å². The third-order valence-electron chi connectivity index (χ3n) is 3.19. The van der Waals surface area contributed by atoms with Crippen molar-refractivity contribution in [3.05, 3.63) is 22.5 Å². The maximum atomic E-state index is 11.6. The van der Waals surface area contributed by atoms with E-state index < -0.39 is 0 Å². The number of hydrogen-bond acceptors (Lipinski definition) is 6. The number of hydrogen-bond donors (Lipinski definition) is 2. The number of esters is 2. The molecule has 126 valence electrons. The van der Waals surface area contributed by atoms with Crippen molar-refractivity contribution in [3.63, 3.8) is 0 Å². The van der Waals surface area contributed by atoms with Gasteiger partial charge in [-0.2, -0.15) is 0 Å². The Labute approximate surface area is 132 Å². The first-order chi connectivity index (χ1) is 10.3. The summed E-state index contributed by atoms with van der Waals surface area (Å²) in [6.07, 6.45) is 0. The van der Waals surface area contributed by atoms with Gasteiger partial charge in [-0.3, -0.25) is 0 Å². The highest BCUT2D eigenvalue weighted by atomic mass is 16.5. The highest BCUT2D eigenvalue weighted by Gasteiger charge is 2.09. The molecule has 0 saturated heterocycles. The van der Waals surface area contributed by atoms with Gasteiger partial charge in [0, 0.05) is 24.5 Å². The maximum absolute atomic E-state index is 11.6. The van der Waals surface area contributed by atoms with E-state index >= 15 is 0 Å². The average Bonchev–Trinajstić information content (AvgIpc) is 2.49. The van der Waals surface area contributed by atoms with Crippen LogP contribution in [0.4, 0.5) is 0 Å². The van der Waals surface area contributed by atoms with Crippen molar-refractivity contribution in [2.45, 2.75) is 41.5 Å². The molecule has 0 aliphatic heterocycles. The molecule has 2 N–H and O–H groups in total. The number of ether oxygens (including phenoxy) is 2. The Morgan fingerprint density at radius 1 is 0.727 bits per heavy atom. The first-order valence-electron chi connectivity index (χ1n) is 7.52. The summed E-state index contributed by atoms with van der Waals surface area (Å²) >= 11 is 0. The molecule has 0 saturated carbocycles. The quantitative estimate of drug-likeness (QED) is 0.384. The molecule has 0 aliphatic carbocycles. The predicted molar refractivity (Wildman–Crippen MR) is 86.0 cm³/mol. The third kappa shape index (κ3) is 7.15. The van der Waals surface area contributed by atoms with Gasteiger partial charge in [-0.1, -0.05) is 0 Å². The number of allylic oxidation sites excluding steroid dienone is 2. The summed E-state index contributed by atoms with van der Waals surface area (Å²) in [6, 6.07) is 0. The van der Waals surface area contributed by atoms with Gasteiger partial charge in [0.05, 0.1) is 24.4 Å². The summed E-state index contributed by atoms with van der Waals surface area (Å²) in [5.41, 5.74) is 2.70. The van der Waals surface area contributed by atoms with E-state index in [0.29, 0.717) is 37.4 Å². The van der Waals surface area contributed by atoms with Crippen LogP contribution in [0.3, 0.4) is 0 Å². The normalized spacial score (nSPS) is 12.8. The molecule has 0 rings (SSSR count). The van der Waals surface area contributed by atoms with Crippen molar-refractivity contribution in [2.75, 3.05) is 26.3 Å². The standard InChI is InChI=1S/C16H28N2O4/c1-7-21-15(19)11(3)13(5)17-9-10-18-14(6)12(4)16(20)22-8-2/h17-18H,7-10H2,1-6H3. The predicted octanol–water partition coefficient (Wildman–Crippen LogP) is 1.88. The molecule has 0 aromatic heterocycles. The fourth-order valence-electron chi connectivity index (χ4n) is 1.55. The van der Waals surface area contributed by atoms with E-state index in [1.54, 1.807) is 27.7 Å². The van der Waals surface area contributed by atoms with Crippen LogP contribution in [-0.2, 0) is 19.1 Å². The molecule has 0 bridgehead atoms. The molecule has 0 heterocycles. The molecule has 0 aliphatic rings. The molecule has 0 unspecified atom stereocenters. The molecular weight excluding hydrogens is 284 g/mol. The number of rotatable bonds is 9. The second kappa shape index (κ2) is 10.7. The van der Waals surface area contributed by atoms with Gasteiger partial charge in [0.1, 0.15) is 0 Å². The second-order valence-electron chi connectivity index (χ2n) is 4.79. The first-order valence-corrected chi connectivity index (χ1v) is 7.52. The molecule has 0 atom stereocenters. The summed E-state index contributed by atoms with van der Waals surface area (Å²) in [5.74, 6) is -0.621. The minimum absolute atomic E-state index is 0.310. The summed E-state index contributed by atoms with van der Waals surface area (Å²) in [6.45, 7) is 12.6. The second-order valence-corrected chi connectivity index (χ2v) is 4.79. The van der Waals surface area contributed by atoms with Crippen LogP contribution in [0, 0.1) is 0 Å². The largest absolute Gasteiger partial charge is 0.463 e. The van der Waals surface area contributed by atoms with Crippen molar-refractivity contribution >= 4 is 11.9 Å². The van der Waals surface area contributed by atoms with Gasteiger partial charge in [0.25, 0.3) is 0 Å². The number of carbonyl (C=O) groups is 2. The molecule has 0 amide bonds. The Hall–Kier alpha value is -1.98. The molecule has 0 aromatic carbocycles. The molecule has 0 radical (unpaired) electrons. The molecule has 6 nitrogen and oxygen atoms in total. The van der Waals surface area contributed by atoms with E-state index in [-0.39, 0.29) is 11.9 Å². The minimum Gasteiger partial charge on any atom is -0.463 e.